The predicted molar refractivity (Wildman–Crippen MR) is 85.4 cm³/mol. The number of carbonyl (C=O) groups excluding carboxylic acids is 1. The summed E-state index contributed by atoms with van der Waals surface area (Å²) in [6.45, 7) is 4.59. The van der Waals surface area contributed by atoms with E-state index < -0.39 is 0 Å². The minimum atomic E-state index is -0.294. The number of hydrogen-bond donors (Lipinski definition) is 3. The number of phenolic OH excluding ortho intramolecular Hbond substituents is 1. The van der Waals surface area contributed by atoms with Crippen LogP contribution in [0.1, 0.15) is 30.6 Å². The Bertz CT molecular complexity index is 638. The van der Waals surface area contributed by atoms with E-state index in [2.05, 4.69) is 19.2 Å². The molecule has 0 aromatic heterocycles. The van der Waals surface area contributed by atoms with E-state index in [-0.39, 0.29) is 23.3 Å². The van der Waals surface area contributed by atoms with Crippen LogP contribution in [0.15, 0.2) is 36.4 Å². The molecule has 1 atom stereocenters. The van der Waals surface area contributed by atoms with Gasteiger partial charge in [0.05, 0.1) is 5.56 Å². The zero-order valence-electron chi connectivity index (χ0n) is 12.5. The van der Waals surface area contributed by atoms with Gasteiger partial charge in [0.1, 0.15) is 5.75 Å². The number of nitrogens with one attached hydrogen (secondary N) is 1. The molecule has 0 saturated carbocycles. The molecular weight excluding hydrogens is 264 g/mol. The highest BCUT2D eigenvalue weighted by Gasteiger charge is 2.14. The van der Waals surface area contributed by atoms with E-state index in [1.807, 2.05) is 24.3 Å². The second kappa shape index (κ2) is 6.59. The molecule has 4 heteroatoms. The number of amides is 1. The molecule has 4 nitrogen and oxygen atoms in total. The summed E-state index contributed by atoms with van der Waals surface area (Å²) in [6.07, 6.45) is 0.851. The third kappa shape index (κ3) is 3.73. The summed E-state index contributed by atoms with van der Waals surface area (Å²) < 4.78 is 0. The fourth-order valence-electron chi connectivity index (χ4n) is 2.45. The van der Waals surface area contributed by atoms with Gasteiger partial charge in [-0.15, -0.1) is 0 Å². The Morgan fingerprint density at radius 2 is 1.95 bits per heavy atom. The molecule has 1 amide bonds. The quantitative estimate of drug-likeness (QED) is 0.791. The topological polar surface area (TPSA) is 75.3 Å². The second-order valence-electron chi connectivity index (χ2n) is 5.78. The number of nitrogens with two attached hydrogens (primary N) is 1. The normalized spacial score (nSPS) is 12.6. The van der Waals surface area contributed by atoms with Crippen LogP contribution < -0.4 is 11.1 Å². The molecule has 0 spiro atoms. The van der Waals surface area contributed by atoms with Crippen molar-refractivity contribution < 1.29 is 9.90 Å². The van der Waals surface area contributed by atoms with Crippen molar-refractivity contribution in [2.75, 3.05) is 6.54 Å². The molecule has 0 fully saturated rings. The van der Waals surface area contributed by atoms with Gasteiger partial charge in [0.2, 0.25) is 0 Å². The zero-order chi connectivity index (χ0) is 15.4. The Labute approximate surface area is 125 Å². The van der Waals surface area contributed by atoms with Crippen LogP contribution in [0.25, 0.3) is 10.8 Å². The van der Waals surface area contributed by atoms with Gasteiger partial charge in [-0.2, -0.15) is 0 Å². The first-order chi connectivity index (χ1) is 9.99. The SMILES string of the molecule is CC(C)CC(N)CNC(=O)c1ccc2ccccc2c1O. The molecular formula is C17H22N2O2. The number of phenols is 1. The average molecular weight is 286 g/mol. The van der Waals surface area contributed by atoms with Crippen LogP contribution in [-0.4, -0.2) is 23.6 Å². The molecule has 21 heavy (non-hydrogen) atoms. The molecule has 112 valence electrons. The number of benzene rings is 2. The van der Waals surface area contributed by atoms with Gasteiger partial charge in [-0.3, -0.25) is 4.79 Å². The van der Waals surface area contributed by atoms with Crippen molar-refractivity contribution in [1.29, 1.82) is 0 Å². The Balaban J connectivity index is 2.11. The van der Waals surface area contributed by atoms with Crippen LogP contribution in [-0.2, 0) is 0 Å². The lowest BCUT2D eigenvalue weighted by molar-refractivity contribution is 0.0947. The largest absolute Gasteiger partial charge is 0.506 e. The Kier molecular flexibility index (Phi) is 4.81. The molecule has 2 aromatic rings. The first-order valence-corrected chi connectivity index (χ1v) is 7.23. The first kappa shape index (κ1) is 15.3. The molecule has 0 bridgehead atoms. The van der Waals surface area contributed by atoms with E-state index in [9.17, 15) is 9.90 Å². The van der Waals surface area contributed by atoms with E-state index in [0.717, 1.165) is 11.8 Å². The van der Waals surface area contributed by atoms with Crippen LogP contribution in [0.3, 0.4) is 0 Å². The molecule has 2 rings (SSSR count). The van der Waals surface area contributed by atoms with E-state index in [4.69, 9.17) is 5.73 Å². The Morgan fingerprint density at radius 3 is 2.67 bits per heavy atom. The number of fused-ring (bicyclic) bond motifs is 1. The van der Waals surface area contributed by atoms with Gasteiger partial charge >= 0.3 is 0 Å². The van der Waals surface area contributed by atoms with Crippen molar-refractivity contribution in [3.05, 3.63) is 42.0 Å². The van der Waals surface area contributed by atoms with Gasteiger partial charge in [-0.25, -0.2) is 0 Å². The molecule has 0 radical (unpaired) electrons. The lowest BCUT2D eigenvalue weighted by Crippen LogP contribution is -2.38. The third-order valence-corrected chi connectivity index (χ3v) is 3.44. The monoisotopic (exact) mass is 286 g/mol. The lowest BCUT2D eigenvalue weighted by Gasteiger charge is -2.15. The van der Waals surface area contributed by atoms with E-state index in [0.29, 0.717) is 17.8 Å². The highest BCUT2D eigenvalue weighted by atomic mass is 16.3. The number of hydrogen-bond acceptors (Lipinski definition) is 3. The Hall–Kier alpha value is -2.07. The summed E-state index contributed by atoms with van der Waals surface area (Å²) >= 11 is 0. The zero-order valence-corrected chi connectivity index (χ0v) is 12.5. The van der Waals surface area contributed by atoms with Gasteiger partial charge < -0.3 is 16.2 Å². The molecule has 1 unspecified atom stereocenters. The van der Waals surface area contributed by atoms with Crippen LogP contribution in [0.2, 0.25) is 0 Å². The minimum absolute atomic E-state index is 0.0167. The van der Waals surface area contributed by atoms with E-state index in [1.54, 1.807) is 12.1 Å². The predicted octanol–water partition coefficient (Wildman–Crippen LogP) is 2.65. The second-order valence-corrected chi connectivity index (χ2v) is 5.78. The van der Waals surface area contributed by atoms with Gasteiger partial charge in [0.25, 0.3) is 5.91 Å². The van der Waals surface area contributed by atoms with Gasteiger partial charge in [-0.1, -0.05) is 44.2 Å². The molecule has 0 aliphatic carbocycles. The summed E-state index contributed by atoms with van der Waals surface area (Å²) in [6, 6.07) is 10.8. The lowest BCUT2D eigenvalue weighted by atomic mass is 10.0. The third-order valence-electron chi connectivity index (χ3n) is 3.44. The van der Waals surface area contributed by atoms with Gasteiger partial charge in [-0.05, 0) is 23.8 Å². The summed E-state index contributed by atoms with van der Waals surface area (Å²) in [4.78, 5) is 12.2. The molecule has 0 aliphatic rings. The van der Waals surface area contributed by atoms with Crippen molar-refractivity contribution in [3.8, 4) is 5.75 Å². The van der Waals surface area contributed by atoms with E-state index in [1.165, 1.54) is 0 Å². The van der Waals surface area contributed by atoms with Crippen molar-refractivity contribution in [2.45, 2.75) is 26.3 Å². The van der Waals surface area contributed by atoms with Crippen molar-refractivity contribution >= 4 is 16.7 Å². The number of rotatable bonds is 5. The molecule has 0 aliphatic heterocycles. The van der Waals surface area contributed by atoms with Crippen LogP contribution >= 0.6 is 0 Å². The molecule has 4 N–H and O–H groups in total. The maximum absolute atomic E-state index is 12.2. The first-order valence-electron chi connectivity index (χ1n) is 7.23. The number of aromatic hydroxyl groups is 1. The summed E-state index contributed by atoms with van der Waals surface area (Å²) in [5.74, 6) is 0.214. The minimum Gasteiger partial charge on any atom is -0.506 e. The van der Waals surface area contributed by atoms with Gasteiger partial charge in [0.15, 0.2) is 0 Å². The highest BCUT2D eigenvalue weighted by molar-refractivity contribution is 6.03. The molecule has 0 heterocycles. The smallest absolute Gasteiger partial charge is 0.255 e. The number of carbonyl (C=O) groups is 1. The molecule has 0 saturated heterocycles. The van der Waals surface area contributed by atoms with Crippen LogP contribution in [0, 0.1) is 5.92 Å². The van der Waals surface area contributed by atoms with Crippen molar-refractivity contribution in [3.63, 3.8) is 0 Å². The highest BCUT2D eigenvalue weighted by Crippen LogP contribution is 2.28. The Morgan fingerprint density at radius 1 is 1.24 bits per heavy atom. The maximum atomic E-state index is 12.2. The van der Waals surface area contributed by atoms with Crippen molar-refractivity contribution in [2.24, 2.45) is 11.7 Å². The summed E-state index contributed by atoms with van der Waals surface area (Å²) in [5, 5.41) is 14.6. The summed E-state index contributed by atoms with van der Waals surface area (Å²) in [7, 11) is 0. The van der Waals surface area contributed by atoms with Gasteiger partial charge in [0, 0.05) is 18.0 Å². The van der Waals surface area contributed by atoms with Crippen LogP contribution in [0.4, 0.5) is 0 Å². The van der Waals surface area contributed by atoms with Crippen molar-refractivity contribution in [1.82, 2.24) is 5.32 Å². The van der Waals surface area contributed by atoms with E-state index >= 15 is 0 Å². The summed E-state index contributed by atoms with van der Waals surface area (Å²) in [5.41, 5.74) is 6.24. The standard InChI is InChI=1S/C17H22N2O2/c1-11(2)9-13(18)10-19-17(21)15-8-7-12-5-3-4-6-14(12)16(15)20/h3-8,11,13,20H,9-10,18H2,1-2H3,(H,19,21). The fraction of sp³-hybridized carbons (Fsp3) is 0.353. The average Bonchev–Trinajstić information content (AvgIpc) is 2.45. The maximum Gasteiger partial charge on any atom is 0.255 e. The molecule has 2 aromatic carbocycles. The van der Waals surface area contributed by atoms with Crippen LogP contribution in [0.5, 0.6) is 5.75 Å². The fourth-order valence-corrected chi connectivity index (χ4v) is 2.45.